The highest BCUT2D eigenvalue weighted by atomic mass is 35.5. The van der Waals surface area contributed by atoms with E-state index in [0.29, 0.717) is 10.8 Å². The van der Waals surface area contributed by atoms with Gasteiger partial charge in [-0.15, -0.1) is 0 Å². The predicted molar refractivity (Wildman–Crippen MR) is 119 cm³/mol. The molecule has 1 aromatic carbocycles. The van der Waals surface area contributed by atoms with E-state index in [1.807, 2.05) is 0 Å². The quantitative estimate of drug-likeness (QED) is 0.686. The zero-order chi connectivity index (χ0) is 20.9. The third kappa shape index (κ3) is 3.31. The van der Waals surface area contributed by atoms with Crippen LogP contribution >= 0.6 is 11.6 Å². The molecule has 7 heteroatoms. The van der Waals surface area contributed by atoms with Gasteiger partial charge in [-0.1, -0.05) is 29.5 Å². The van der Waals surface area contributed by atoms with Crippen molar-refractivity contribution in [1.82, 2.24) is 14.9 Å². The molecule has 2 aliphatic heterocycles. The summed E-state index contributed by atoms with van der Waals surface area (Å²) >= 11 is 6.48. The van der Waals surface area contributed by atoms with Gasteiger partial charge in [-0.05, 0) is 63.4 Å². The van der Waals surface area contributed by atoms with Gasteiger partial charge in [-0.25, -0.2) is 4.98 Å². The molecule has 1 aliphatic carbocycles. The maximum atomic E-state index is 10.6. The highest BCUT2D eigenvalue weighted by Gasteiger charge is 2.47. The van der Waals surface area contributed by atoms with Crippen molar-refractivity contribution in [2.24, 2.45) is 0 Å². The van der Waals surface area contributed by atoms with Crippen LogP contribution < -0.4 is 10.6 Å². The molecule has 3 N–H and O–H groups in total. The second-order valence-electron chi connectivity index (χ2n) is 8.97. The maximum Gasteiger partial charge on any atom is 0.222 e. The minimum atomic E-state index is -0.849. The number of aromatic nitrogens is 2. The number of hydrogen-bond donors (Lipinski definition) is 2. The van der Waals surface area contributed by atoms with E-state index >= 15 is 0 Å². The van der Waals surface area contributed by atoms with Crippen molar-refractivity contribution in [2.75, 3.05) is 37.3 Å². The number of rotatable bonds is 1. The molecule has 5 rings (SSSR count). The average Bonchev–Trinajstić information content (AvgIpc) is 3.41. The first-order valence-electron chi connectivity index (χ1n) is 10.5. The van der Waals surface area contributed by atoms with E-state index in [0.717, 1.165) is 63.0 Å². The zero-order valence-electron chi connectivity index (χ0n) is 17.2. The van der Waals surface area contributed by atoms with Crippen LogP contribution in [0.2, 0.25) is 5.02 Å². The first-order chi connectivity index (χ1) is 14.4. The van der Waals surface area contributed by atoms with E-state index in [-0.39, 0.29) is 11.4 Å². The van der Waals surface area contributed by atoms with Crippen LogP contribution in [0.3, 0.4) is 0 Å². The van der Waals surface area contributed by atoms with Crippen molar-refractivity contribution in [3.63, 3.8) is 0 Å². The summed E-state index contributed by atoms with van der Waals surface area (Å²) in [6, 6.07) is 6.36. The zero-order valence-corrected chi connectivity index (χ0v) is 17.9. The molecule has 2 fully saturated rings. The van der Waals surface area contributed by atoms with Gasteiger partial charge in [-0.3, -0.25) is 0 Å². The fourth-order valence-electron chi connectivity index (χ4n) is 5.21. The molecule has 1 saturated carbocycles. The molecule has 156 valence electrons. The Morgan fingerprint density at radius 1 is 1.20 bits per heavy atom. The van der Waals surface area contributed by atoms with Crippen LogP contribution in [-0.4, -0.2) is 52.3 Å². The molecule has 30 heavy (non-hydrogen) atoms. The third-order valence-corrected chi connectivity index (χ3v) is 7.00. The molecule has 1 saturated heterocycles. The summed E-state index contributed by atoms with van der Waals surface area (Å²) in [7, 11) is 2.16. The van der Waals surface area contributed by atoms with Gasteiger partial charge in [0, 0.05) is 29.8 Å². The summed E-state index contributed by atoms with van der Waals surface area (Å²) < 4.78 is 0. The topological polar surface area (TPSA) is 78.5 Å². The summed E-state index contributed by atoms with van der Waals surface area (Å²) in [5, 5.41) is 11.1. The maximum absolute atomic E-state index is 10.6. The SMILES string of the molecule is CN1CCC2(C1)CN(c1nc(N)ncc1Cl)c1cc(C#CC3(O)CCCC3)ccc12. The van der Waals surface area contributed by atoms with E-state index < -0.39 is 5.60 Å². The van der Waals surface area contributed by atoms with Crippen molar-refractivity contribution in [3.8, 4) is 11.8 Å². The largest absolute Gasteiger partial charge is 0.378 e. The highest BCUT2D eigenvalue weighted by molar-refractivity contribution is 6.33. The Morgan fingerprint density at radius 3 is 2.73 bits per heavy atom. The second-order valence-corrected chi connectivity index (χ2v) is 9.38. The lowest BCUT2D eigenvalue weighted by molar-refractivity contribution is 0.110. The summed E-state index contributed by atoms with van der Waals surface area (Å²) in [6.07, 6.45) is 6.21. The fraction of sp³-hybridized carbons (Fsp3) is 0.478. The van der Waals surface area contributed by atoms with Crippen molar-refractivity contribution in [3.05, 3.63) is 40.5 Å². The molecule has 3 aliphatic rings. The molecule has 0 bridgehead atoms. The van der Waals surface area contributed by atoms with Crippen molar-refractivity contribution in [2.45, 2.75) is 43.1 Å². The smallest absolute Gasteiger partial charge is 0.222 e. The molecule has 6 nitrogen and oxygen atoms in total. The molecule has 2 aromatic rings. The lowest BCUT2D eigenvalue weighted by atomic mass is 9.81. The van der Waals surface area contributed by atoms with Gasteiger partial charge in [0.1, 0.15) is 10.6 Å². The first kappa shape index (κ1) is 19.6. The van der Waals surface area contributed by atoms with Crippen molar-refractivity contribution in [1.29, 1.82) is 0 Å². The monoisotopic (exact) mass is 423 g/mol. The number of benzene rings is 1. The first-order valence-corrected chi connectivity index (χ1v) is 10.9. The van der Waals surface area contributed by atoms with Gasteiger partial charge < -0.3 is 20.6 Å². The summed E-state index contributed by atoms with van der Waals surface area (Å²) in [4.78, 5) is 13.0. The van der Waals surface area contributed by atoms with Gasteiger partial charge in [0.15, 0.2) is 5.82 Å². The number of likely N-dealkylation sites (tertiary alicyclic amines) is 1. The molecule has 1 atom stereocenters. The Hall–Kier alpha value is -2.33. The number of anilines is 3. The molecule has 3 heterocycles. The fourth-order valence-corrected chi connectivity index (χ4v) is 5.40. The van der Waals surface area contributed by atoms with Crippen LogP contribution in [0.5, 0.6) is 0 Å². The van der Waals surface area contributed by atoms with Crippen LogP contribution in [0.25, 0.3) is 0 Å². The van der Waals surface area contributed by atoms with Gasteiger partial charge in [-0.2, -0.15) is 4.98 Å². The van der Waals surface area contributed by atoms with Crippen LogP contribution in [0.15, 0.2) is 24.4 Å². The minimum absolute atomic E-state index is 0.0305. The van der Waals surface area contributed by atoms with E-state index in [9.17, 15) is 5.11 Å². The van der Waals surface area contributed by atoms with Crippen LogP contribution in [0.4, 0.5) is 17.5 Å². The average molecular weight is 424 g/mol. The summed E-state index contributed by atoms with van der Waals surface area (Å²) in [6.45, 7) is 2.84. The number of aliphatic hydroxyl groups is 1. The molecular weight excluding hydrogens is 398 g/mol. The van der Waals surface area contributed by atoms with Gasteiger partial charge >= 0.3 is 0 Å². The highest BCUT2D eigenvalue weighted by Crippen LogP contribution is 2.49. The molecule has 0 radical (unpaired) electrons. The molecule has 0 amide bonds. The number of nitrogens with two attached hydrogens (primary N) is 1. The Labute approximate surface area is 182 Å². The van der Waals surface area contributed by atoms with Crippen LogP contribution in [0, 0.1) is 11.8 Å². The molecule has 1 unspecified atom stereocenters. The summed E-state index contributed by atoms with van der Waals surface area (Å²) in [5.41, 5.74) is 8.31. The van der Waals surface area contributed by atoms with Crippen LogP contribution in [-0.2, 0) is 5.41 Å². The number of nitrogen functional groups attached to an aromatic ring is 1. The van der Waals surface area contributed by atoms with Gasteiger partial charge in [0.2, 0.25) is 5.95 Å². The van der Waals surface area contributed by atoms with Crippen molar-refractivity contribution < 1.29 is 5.11 Å². The normalized spacial score (nSPS) is 24.8. The van der Waals surface area contributed by atoms with E-state index in [1.165, 1.54) is 5.56 Å². The number of nitrogens with zero attached hydrogens (tertiary/aromatic N) is 4. The Kier molecular flexibility index (Phi) is 4.66. The lowest BCUT2D eigenvalue weighted by Crippen LogP contribution is -2.34. The van der Waals surface area contributed by atoms with Gasteiger partial charge in [0.05, 0.1) is 6.20 Å². The van der Waals surface area contributed by atoms with E-state index in [2.05, 4.69) is 56.9 Å². The predicted octanol–water partition coefficient (Wildman–Crippen LogP) is 3.09. The standard InChI is InChI=1S/C23H26ClN5O/c1-28-11-10-22(14-28)15-29(20-18(24)13-26-21(25)27-20)19-12-16(4-5-17(19)22)6-9-23(30)7-2-3-8-23/h4-5,12-13,30H,2-3,7-8,10-11,14-15H2,1H3,(H2,25,26,27). The third-order valence-electron chi connectivity index (χ3n) is 6.74. The van der Waals surface area contributed by atoms with Gasteiger partial charge in [0.25, 0.3) is 0 Å². The van der Waals surface area contributed by atoms with Crippen LogP contribution in [0.1, 0.15) is 43.2 Å². The lowest BCUT2D eigenvalue weighted by Gasteiger charge is -2.25. The van der Waals surface area contributed by atoms with E-state index in [4.69, 9.17) is 17.3 Å². The second kappa shape index (κ2) is 7.12. The molecule has 1 spiro atoms. The summed E-state index contributed by atoms with van der Waals surface area (Å²) in [5.74, 6) is 7.17. The minimum Gasteiger partial charge on any atom is -0.378 e. The number of fused-ring (bicyclic) bond motifs is 2. The molecular formula is C23H26ClN5O. The Morgan fingerprint density at radius 2 is 2.00 bits per heavy atom. The van der Waals surface area contributed by atoms with Crippen molar-refractivity contribution >= 4 is 29.1 Å². The number of likely N-dealkylation sites (N-methyl/N-ethyl adjacent to an activating group) is 1. The molecule has 1 aromatic heterocycles. The number of halogens is 1. The Balaban J connectivity index is 1.59. The van der Waals surface area contributed by atoms with E-state index in [1.54, 1.807) is 6.20 Å². The number of hydrogen-bond acceptors (Lipinski definition) is 6. The Bertz CT molecular complexity index is 1060.